The number of nitrogens with one attached hydrogen (secondary N) is 2. The highest BCUT2D eigenvalue weighted by Crippen LogP contribution is 2.42. The number of hydrogen-bond donors (Lipinski definition) is 3. The first kappa shape index (κ1) is 19.6. The number of anilines is 2. The van der Waals surface area contributed by atoms with Crippen molar-refractivity contribution in [2.24, 2.45) is 4.99 Å². The number of halogens is 2. The summed E-state index contributed by atoms with van der Waals surface area (Å²) in [5.41, 5.74) is 3.60. The Kier molecular flexibility index (Phi) is 4.70. The lowest BCUT2D eigenvalue weighted by molar-refractivity contribution is 0.145. The van der Waals surface area contributed by atoms with Crippen LogP contribution in [0.25, 0.3) is 11.3 Å². The molecule has 4 heterocycles. The van der Waals surface area contributed by atoms with Crippen molar-refractivity contribution < 1.29 is 13.9 Å². The van der Waals surface area contributed by atoms with Crippen molar-refractivity contribution in [3.05, 3.63) is 52.9 Å². The molecule has 7 nitrogen and oxygen atoms in total. The highest BCUT2D eigenvalue weighted by atomic mass is 19.1. The summed E-state index contributed by atoms with van der Waals surface area (Å²) in [4.78, 5) is 11.4. The maximum absolute atomic E-state index is 14.6. The van der Waals surface area contributed by atoms with E-state index < -0.39 is 11.6 Å². The number of aromatic amines is 1. The number of hydrogen-bond acceptors (Lipinski definition) is 6. The van der Waals surface area contributed by atoms with E-state index in [-0.39, 0.29) is 17.5 Å². The summed E-state index contributed by atoms with van der Waals surface area (Å²) in [6, 6.07) is 5.64. The second-order valence-electron chi connectivity index (χ2n) is 7.93. The largest absolute Gasteiger partial charge is 0.393 e. The number of piperidine rings is 1. The van der Waals surface area contributed by atoms with E-state index in [1.165, 1.54) is 18.2 Å². The molecule has 9 heteroatoms. The Morgan fingerprint density at radius 3 is 2.55 bits per heavy atom. The van der Waals surface area contributed by atoms with E-state index in [4.69, 9.17) is 4.98 Å². The van der Waals surface area contributed by atoms with Crippen LogP contribution in [0.3, 0.4) is 0 Å². The molecule has 0 spiro atoms. The van der Waals surface area contributed by atoms with Crippen LogP contribution in [0, 0.1) is 25.5 Å². The molecule has 0 atom stereocenters. The minimum atomic E-state index is -0.702. The Labute approximate surface area is 177 Å². The predicted molar refractivity (Wildman–Crippen MR) is 115 cm³/mol. The minimum absolute atomic E-state index is 0.0684. The van der Waals surface area contributed by atoms with Crippen molar-refractivity contribution in [1.29, 1.82) is 0 Å². The first-order valence-corrected chi connectivity index (χ1v) is 10.2. The number of pyridine rings is 1. The number of rotatable bonds is 2. The van der Waals surface area contributed by atoms with E-state index in [9.17, 15) is 13.9 Å². The van der Waals surface area contributed by atoms with E-state index in [1.807, 2.05) is 19.9 Å². The number of fused-ring (bicyclic) bond motifs is 3. The minimum Gasteiger partial charge on any atom is -0.393 e. The molecule has 0 saturated carbocycles. The van der Waals surface area contributed by atoms with Crippen LogP contribution >= 0.6 is 0 Å². The lowest BCUT2D eigenvalue weighted by Gasteiger charge is -2.31. The van der Waals surface area contributed by atoms with Gasteiger partial charge in [0.2, 0.25) is 0 Å². The fourth-order valence-electron chi connectivity index (χ4n) is 4.11. The molecule has 0 bridgehead atoms. The van der Waals surface area contributed by atoms with Gasteiger partial charge < -0.3 is 15.3 Å². The van der Waals surface area contributed by atoms with Crippen LogP contribution in [0.2, 0.25) is 0 Å². The van der Waals surface area contributed by atoms with Crippen LogP contribution in [0.15, 0.2) is 29.3 Å². The first-order chi connectivity index (χ1) is 14.9. The number of aliphatic hydroxyl groups excluding tert-OH is 1. The fraction of sp³-hybridized carbons (Fsp3) is 0.318. The molecule has 0 unspecified atom stereocenters. The second-order valence-corrected chi connectivity index (χ2v) is 7.93. The number of nitrogens with zero attached hydrogens (tertiary/aromatic N) is 4. The van der Waals surface area contributed by atoms with Gasteiger partial charge in [-0.05, 0) is 44.9 Å². The fourth-order valence-corrected chi connectivity index (χ4v) is 4.11. The molecule has 31 heavy (non-hydrogen) atoms. The summed E-state index contributed by atoms with van der Waals surface area (Å²) in [5.74, 6) is -0.567. The number of aromatic nitrogens is 3. The third kappa shape index (κ3) is 3.34. The third-order valence-corrected chi connectivity index (χ3v) is 5.81. The van der Waals surface area contributed by atoms with Crippen molar-refractivity contribution in [2.45, 2.75) is 32.8 Å². The zero-order valence-corrected chi connectivity index (χ0v) is 17.2. The summed E-state index contributed by atoms with van der Waals surface area (Å²) in [6.07, 6.45) is 1.08. The maximum Gasteiger partial charge on any atom is 0.144 e. The van der Waals surface area contributed by atoms with Gasteiger partial charge in [-0.3, -0.25) is 5.10 Å². The zero-order valence-electron chi connectivity index (χ0n) is 17.2. The number of H-pyrrole nitrogens is 1. The Morgan fingerprint density at radius 2 is 1.84 bits per heavy atom. The van der Waals surface area contributed by atoms with Crippen molar-refractivity contribution in [1.82, 2.24) is 15.2 Å². The van der Waals surface area contributed by atoms with Crippen LogP contribution < -0.4 is 10.2 Å². The molecule has 0 amide bonds. The molecule has 0 radical (unpaired) electrons. The normalized spacial score (nSPS) is 16.3. The molecule has 160 valence electrons. The second kappa shape index (κ2) is 7.42. The van der Waals surface area contributed by atoms with E-state index in [0.717, 1.165) is 17.1 Å². The standard InChI is InChI=1S/C22H22F2N6O/c1-11-19-14(10-17(25-11)30-8-6-13(31)7-9-30)21-20(12(2)28-29-21)27-22(26-19)18-15(23)4-3-5-16(18)24/h3-5,10,13,31H,6-9H2,1-2H3,(H,26,27)(H,28,29). The average molecular weight is 424 g/mol. The van der Waals surface area contributed by atoms with Gasteiger partial charge in [0, 0.05) is 18.7 Å². The van der Waals surface area contributed by atoms with Gasteiger partial charge in [0.25, 0.3) is 0 Å². The monoisotopic (exact) mass is 424 g/mol. The summed E-state index contributed by atoms with van der Waals surface area (Å²) in [7, 11) is 0. The molecule has 3 aromatic rings. The molecule has 1 saturated heterocycles. The van der Waals surface area contributed by atoms with E-state index in [2.05, 4.69) is 25.4 Å². The highest BCUT2D eigenvalue weighted by Gasteiger charge is 2.28. The number of aliphatic imine (C=N–C) groups is 1. The Morgan fingerprint density at radius 1 is 1.13 bits per heavy atom. The summed E-state index contributed by atoms with van der Waals surface area (Å²) in [5, 5.41) is 20.3. The molecule has 2 aliphatic heterocycles. The van der Waals surface area contributed by atoms with Gasteiger partial charge >= 0.3 is 0 Å². The quantitative estimate of drug-likeness (QED) is 0.582. The molecular weight excluding hydrogens is 402 g/mol. The van der Waals surface area contributed by atoms with Gasteiger partial charge in [0.05, 0.1) is 34.4 Å². The van der Waals surface area contributed by atoms with Crippen LogP contribution in [0.1, 0.15) is 29.8 Å². The lowest BCUT2D eigenvalue weighted by Crippen LogP contribution is -2.36. The van der Waals surface area contributed by atoms with E-state index in [1.54, 1.807) is 0 Å². The number of benzene rings is 1. The molecule has 1 aromatic carbocycles. The van der Waals surface area contributed by atoms with Crippen LogP contribution in [-0.2, 0) is 0 Å². The summed E-state index contributed by atoms with van der Waals surface area (Å²) >= 11 is 0. The summed E-state index contributed by atoms with van der Waals surface area (Å²) < 4.78 is 29.1. The van der Waals surface area contributed by atoms with Crippen LogP contribution in [0.5, 0.6) is 0 Å². The van der Waals surface area contributed by atoms with Gasteiger partial charge in [-0.15, -0.1) is 0 Å². The number of aryl methyl sites for hydroxylation is 2. The van der Waals surface area contributed by atoms with Crippen molar-refractivity contribution in [3.63, 3.8) is 0 Å². The van der Waals surface area contributed by atoms with Crippen molar-refractivity contribution >= 4 is 23.0 Å². The Balaban J connectivity index is 1.70. The topological polar surface area (TPSA) is 89.4 Å². The van der Waals surface area contributed by atoms with Gasteiger partial charge in [-0.25, -0.2) is 18.8 Å². The molecule has 0 aliphatic carbocycles. The number of aliphatic hydroxyl groups is 1. The zero-order chi connectivity index (χ0) is 21.7. The van der Waals surface area contributed by atoms with Crippen LogP contribution in [0.4, 0.5) is 26.0 Å². The molecule has 2 aromatic heterocycles. The molecule has 2 aliphatic rings. The predicted octanol–water partition coefficient (Wildman–Crippen LogP) is 3.83. The molecule has 3 N–H and O–H groups in total. The SMILES string of the molecule is Cc1nc(N2CCC(O)CC2)cc2c1N=C(c1c(F)cccc1F)Nc1c-2n[nH]c1C. The smallest absolute Gasteiger partial charge is 0.144 e. The third-order valence-electron chi connectivity index (χ3n) is 5.81. The summed E-state index contributed by atoms with van der Waals surface area (Å²) in [6.45, 7) is 5.06. The highest BCUT2D eigenvalue weighted by molar-refractivity contribution is 6.14. The Hall–Kier alpha value is -3.33. The van der Waals surface area contributed by atoms with Crippen LogP contribution in [-0.4, -0.2) is 45.3 Å². The average Bonchev–Trinajstić information content (AvgIpc) is 3.00. The Bertz CT molecular complexity index is 1180. The van der Waals surface area contributed by atoms with Gasteiger partial charge in [-0.2, -0.15) is 5.10 Å². The van der Waals surface area contributed by atoms with E-state index in [0.29, 0.717) is 48.7 Å². The van der Waals surface area contributed by atoms with E-state index >= 15 is 0 Å². The van der Waals surface area contributed by atoms with Gasteiger partial charge in [-0.1, -0.05) is 6.07 Å². The molecule has 5 rings (SSSR count). The first-order valence-electron chi connectivity index (χ1n) is 10.2. The van der Waals surface area contributed by atoms with Crippen molar-refractivity contribution in [2.75, 3.05) is 23.3 Å². The van der Waals surface area contributed by atoms with Crippen molar-refractivity contribution in [3.8, 4) is 11.3 Å². The molecular formula is C22H22F2N6O. The molecule has 1 fully saturated rings. The number of amidine groups is 1. The lowest BCUT2D eigenvalue weighted by atomic mass is 10.1. The van der Waals surface area contributed by atoms with Gasteiger partial charge in [0.1, 0.15) is 29.0 Å². The van der Waals surface area contributed by atoms with Gasteiger partial charge in [0.15, 0.2) is 0 Å². The maximum atomic E-state index is 14.6.